The van der Waals surface area contributed by atoms with Crippen LogP contribution in [0.2, 0.25) is 0 Å². The molecule has 0 radical (unpaired) electrons. The Kier molecular flexibility index (Phi) is 4.47. The van der Waals surface area contributed by atoms with Crippen molar-refractivity contribution in [1.29, 1.82) is 5.26 Å². The van der Waals surface area contributed by atoms with Gasteiger partial charge < -0.3 is 4.74 Å². The van der Waals surface area contributed by atoms with Crippen LogP contribution in [-0.4, -0.2) is 43.9 Å². The van der Waals surface area contributed by atoms with Crippen LogP contribution in [0.25, 0.3) is 10.6 Å². The molecule has 1 saturated heterocycles. The van der Waals surface area contributed by atoms with Crippen molar-refractivity contribution >= 4 is 23.1 Å². The van der Waals surface area contributed by atoms with Gasteiger partial charge in [0.1, 0.15) is 16.9 Å². The third-order valence-corrected chi connectivity index (χ3v) is 4.89. The Balaban J connectivity index is 1.51. The predicted octanol–water partition coefficient (Wildman–Crippen LogP) is 2.03. The van der Waals surface area contributed by atoms with E-state index in [0.29, 0.717) is 22.2 Å². The van der Waals surface area contributed by atoms with Crippen molar-refractivity contribution in [2.24, 2.45) is 0 Å². The van der Waals surface area contributed by atoms with Crippen LogP contribution in [0, 0.1) is 17.1 Å². The fourth-order valence-corrected chi connectivity index (χ4v) is 3.51. The molecule has 136 valence electrons. The number of benzene rings is 1. The molecule has 3 aromatic rings. The minimum absolute atomic E-state index is 0.129. The number of hydrogen-bond acceptors (Lipinski definition) is 8. The number of anilines is 1. The number of aromatic nitrogens is 5. The van der Waals surface area contributed by atoms with Gasteiger partial charge in [0.2, 0.25) is 0 Å². The van der Waals surface area contributed by atoms with Gasteiger partial charge in [-0.1, -0.05) is 16.6 Å². The summed E-state index contributed by atoms with van der Waals surface area (Å²) in [7, 11) is 0. The molecule has 0 N–H and O–H groups in total. The van der Waals surface area contributed by atoms with Gasteiger partial charge in [0, 0.05) is 11.8 Å². The molecule has 4 rings (SSSR count). The van der Waals surface area contributed by atoms with Gasteiger partial charge in [0.05, 0.1) is 37.5 Å². The van der Waals surface area contributed by atoms with Crippen LogP contribution >= 0.6 is 11.3 Å². The number of nitriles is 1. The summed E-state index contributed by atoms with van der Waals surface area (Å²) in [6, 6.07) is 6.41. The predicted molar refractivity (Wildman–Crippen MR) is 92.3 cm³/mol. The van der Waals surface area contributed by atoms with E-state index in [1.54, 1.807) is 23.0 Å². The van der Waals surface area contributed by atoms with Crippen LogP contribution in [0.5, 0.6) is 0 Å². The molecule has 3 heterocycles. The molecule has 1 amide bonds. The molecule has 27 heavy (non-hydrogen) atoms. The Morgan fingerprint density at radius 2 is 2.30 bits per heavy atom. The van der Waals surface area contributed by atoms with E-state index in [9.17, 15) is 9.18 Å². The Hall–Kier alpha value is -3.39. The van der Waals surface area contributed by atoms with E-state index >= 15 is 0 Å². The number of amides is 1. The summed E-state index contributed by atoms with van der Waals surface area (Å²) in [6.07, 6.45) is 2.40. The molecule has 0 spiro atoms. The van der Waals surface area contributed by atoms with Crippen LogP contribution in [0.1, 0.15) is 5.01 Å². The first-order valence-electron chi connectivity index (χ1n) is 7.95. The monoisotopic (exact) mass is 385 g/mol. The maximum absolute atomic E-state index is 14.6. The summed E-state index contributed by atoms with van der Waals surface area (Å²) < 4.78 is 21.5. The second-order valence-electron chi connectivity index (χ2n) is 5.74. The van der Waals surface area contributed by atoms with E-state index < -0.39 is 18.0 Å². The van der Waals surface area contributed by atoms with Crippen LogP contribution in [0.15, 0.2) is 30.6 Å². The van der Waals surface area contributed by atoms with Gasteiger partial charge in [0.15, 0.2) is 5.01 Å². The largest absolute Gasteiger partial charge is 0.442 e. The number of rotatable bonds is 5. The smallest absolute Gasteiger partial charge is 0.414 e. The molecule has 11 heteroatoms. The van der Waals surface area contributed by atoms with E-state index in [1.165, 1.54) is 17.2 Å². The molecule has 0 unspecified atom stereocenters. The van der Waals surface area contributed by atoms with E-state index in [-0.39, 0.29) is 18.5 Å². The van der Waals surface area contributed by atoms with Gasteiger partial charge in [-0.05, 0) is 18.2 Å². The van der Waals surface area contributed by atoms with Gasteiger partial charge in [-0.25, -0.2) is 13.9 Å². The van der Waals surface area contributed by atoms with Crippen molar-refractivity contribution in [2.45, 2.75) is 19.1 Å². The Morgan fingerprint density at radius 3 is 3.04 bits per heavy atom. The third-order valence-electron chi connectivity index (χ3n) is 3.93. The molecule has 9 nitrogen and oxygen atoms in total. The quantitative estimate of drug-likeness (QED) is 0.661. The first kappa shape index (κ1) is 17.0. The lowest BCUT2D eigenvalue weighted by Crippen LogP contribution is -2.26. The van der Waals surface area contributed by atoms with E-state index in [0.717, 1.165) is 11.3 Å². The minimum atomic E-state index is -0.542. The average Bonchev–Trinajstić information content (AvgIpc) is 3.38. The number of halogens is 1. The van der Waals surface area contributed by atoms with Gasteiger partial charge in [-0.3, -0.25) is 4.90 Å². The lowest BCUT2D eigenvalue weighted by Gasteiger charge is -2.13. The molecule has 0 saturated carbocycles. The summed E-state index contributed by atoms with van der Waals surface area (Å²) in [5.74, 6) is -0.528. The van der Waals surface area contributed by atoms with Crippen molar-refractivity contribution in [3.05, 3.63) is 41.4 Å². The molecular weight excluding hydrogens is 373 g/mol. The number of ether oxygens (including phenoxy) is 1. The third kappa shape index (κ3) is 3.47. The Morgan fingerprint density at radius 1 is 1.41 bits per heavy atom. The molecule has 1 fully saturated rings. The summed E-state index contributed by atoms with van der Waals surface area (Å²) in [4.78, 5) is 13.5. The maximum Gasteiger partial charge on any atom is 0.414 e. The highest BCUT2D eigenvalue weighted by atomic mass is 32.1. The molecular formula is C16H12FN7O2S. The van der Waals surface area contributed by atoms with Crippen LogP contribution in [0.4, 0.5) is 14.9 Å². The van der Waals surface area contributed by atoms with Crippen LogP contribution in [-0.2, 0) is 17.7 Å². The fourth-order valence-electron chi connectivity index (χ4n) is 2.71. The number of nitrogens with zero attached hydrogens (tertiary/aromatic N) is 7. The van der Waals surface area contributed by atoms with E-state index in [2.05, 4.69) is 20.5 Å². The Bertz CT molecular complexity index is 1010. The highest BCUT2D eigenvalue weighted by Gasteiger charge is 2.33. The normalized spacial score (nSPS) is 16.4. The van der Waals surface area contributed by atoms with Gasteiger partial charge in [-0.15, -0.1) is 15.3 Å². The molecule has 1 aliphatic rings. The molecule has 1 aromatic carbocycles. The lowest BCUT2D eigenvalue weighted by molar-refractivity contribution is 0.129. The number of carbonyl (C=O) groups is 1. The van der Waals surface area contributed by atoms with Crippen molar-refractivity contribution in [2.75, 3.05) is 11.4 Å². The molecule has 0 aliphatic carbocycles. The van der Waals surface area contributed by atoms with Crippen LogP contribution in [0.3, 0.4) is 0 Å². The fraction of sp³-hybridized carbons (Fsp3) is 0.250. The zero-order chi connectivity index (χ0) is 18.8. The molecule has 2 aromatic heterocycles. The molecule has 0 bridgehead atoms. The highest BCUT2D eigenvalue weighted by molar-refractivity contribution is 7.14. The van der Waals surface area contributed by atoms with Crippen LogP contribution < -0.4 is 4.90 Å². The second kappa shape index (κ2) is 7.08. The van der Waals surface area contributed by atoms with Gasteiger partial charge >= 0.3 is 6.09 Å². The van der Waals surface area contributed by atoms with E-state index in [4.69, 9.17) is 10.00 Å². The van der Waals surface area contributed by atoms with Gasteiger partial charge in [-0.2, -0.15) is 5.26 Å². The lowest BCUT2D eigenvalue weighted by atomic mass is 10.2. The van der Waals surface area contributed by atoms with Crippen molar-refractivity contribution in [3.63, 3.8) is 0 Å². The number of carbonyl (C=O) groups excluding carboxylic acids is 1. The second-order valence-corrected chi connectivity index (χ2v) is 6.80. The first-order valence-corrected chi connectivity index (χ1v) is 8.77. The SMILES string of the molecule is N#CCc1nnc(-c2ccc(N3C[C@H](Cn4ccnn4)OC3=O)cc2F)s1. The number of cyclic esters (lactones) is 1. The summed E-state index contributed by atoms with van der Waals surface area (Å²) in [6.45, 7) is 0.651. The number of hydrogen-bond donors (Lipinski definition) is 0. The van der Waals surface area contributed by atoms with Crippen molar-refractivity contribution < 1.29 is 13.9 Å². The topological polar surface area (TPSA) is 110 Å². The Labute approximate surface area is 156 Å². The molecule has 1 aliphatic heterocycles. The summed E-state index contributed by atoms with van der Waals surface area (Å²) in [5.41, 5.74) is 0.663. The standard InChI is InChI=1S/C16H12FN7O2S/c17-13-7-10(1-2-12(13)15-21-20-14(27-15)3-4-18)24-9-11(26-16(24)25)8-23-6-5-19-22-23/h1-2,5-7,11H,3,8-9H2/t11-/m0/s1. The zero-order valence-electron chi connectivity index (χ0n) is 13.8. The zero-order valence-corrected chi connectivity index (χ0v) is 14.6. The maximum atomic E-state index is 14.6. The van der Waals surface area contributed by atoms with Crippen molar-refractivity contribution in [1.82, 2.24) is 25.2 Å². The van der Waals surface area contributed by atoms with E-state index in [1.807, 2.05) is 6.07 Å². The molecule has 1 atom stereocenters. The highest BCUT2D eigenvalue weighted by Crippen LogP contribution is 2.31. The minimum Gasteiger partial charge on any atom is -0.442 e. The van der Waals surface area contributed by atoms with Gasteiger partial charge in [0.25, 0.3) is 0 Å². The first-order chi connectivity index (χ1) is 13.1. The summed E-state index contributed by atoms with van der Waals surface area (Å²) >= 11 is 1.16. The van der Waals surface area contributed by atoms with Crippen molar-refractivity contribution in [3.8, 4) is 16.6 Å². The summed E-state index contributed by atoms with van der Waals surface area (Å²) in [5, 5.41) is 24.9. The average molecular weight is 385 g/mol.